The van der Waals surface area contributed by atoms with Crippen LogP contribution in [0.2, 0.25) is 0 Å². The first kappa shape index (κ1) is 9.86. The van der Waals surface area contributed by atoms with E-state index >= 15 is 0 Å². The van der Waals surface area contributed by atoms with Crippen molar-refractivity contribution in [2.75, 3.05) is 13.1 Å². The Morgan fingerprint density at radius 3 is 2.40 bits per heavy atom. The third kappa shape index (κ3) is 1.46. The van der Waals surface area contributed by atoms with Gasteiger partial charge in [0.15, 0.2) is 0 Å². The minimum absolute atomic E-state index is 0.416. The largest absolute Gasteiger partial charge is 0.293 e. The number of benzene rings is 1. The van der Waals surface area contributed by atoms with Crippen molar-refractivity contribution in [2.24, 2.45) is 0 Å². The topological polar surface area (TPSA) is 3.24 Å². The molecule has 2 aliphatic rings. The Labute approximate surface area is 99.6 Å². The summed E-state index contributed by atoms with van der Waals surface area (Å²) < 4.78 is 1.18. The smallest absolute Gasteiger partial charge is 0.0472 e. The quantitative estimate of drug-likeness (QED) is 0.751. The zero-order valence-corrected chi connectivity index (χ0v) is 10.5. The number of rotatable bonds is 1. The summed E-state index contributed by atoms with van der Waals surface area (Å²) in [5.74, 6) is 0. The maximum Gasteiger partial charge on any atom is 0.0472 e. The van der Waals surface area contributed by atoms with Gasteiger partial charge in [-0.15, -0.1) is 0 Å². The summed E-state index contributed by atoms with van der Waals surface area (Å²) in [6, 6.07) is 8.94. The van der Waals surface area contributed by atoms with E-state index in [-0.39, 0.29) is 0 Å². The van der Waals surface area contributed by atoms with Crippen LogP contribution in [0, 0.1) is 0 Å². The maximum atomic E-state index is 3.51. The molecule has 0 radical (unpaired) electrons. The summed E-state index contributed by atoms with van der Waals surface area (Å²) in [7, 11) is 0. The lowest BCUT2D eigenvalue weighted by Crippen LogP contribution is -2.59. The van der Waals surface area contributed by atoms with E-state index in [9.17, 15) is 0 Å². The molecule has 1 nitrogen and oxygen atoms in total. The van der Waals surface area contributed by atoms with Crippen LogP contribution in [0.4, 0.5) is 0 Å². The van der Waals surface area contributed by atoms with E-state index in [0.29, 0.717) is 5.54 Å². The zero-order chi connectivity index (χ0) is 10.3. The van der Waals surface area contributed by atoms with Crippen LogP contribution in [0.1, 0.15) is 31.2 Å². The van der Waals surface area contributed by atoms with E-state index in [1.165, 1.54) is 48.8 Å². The molecule has 0 N–H and O–H groups in total. The molecule has 0 spiro atoms. The van der Waals surface area contributed by atoms with Gasteiger partial charge in [0.2, 0.25) is 0 Å². The second-order valence-corrected chi connectivity index (χ2v) is 5.65. The van der Waals surface area contributed by atoms with Gasteiger partial charge in [0.05, 0.1) is 0 Å². The molecule has 1 aromatic carbocycles. The molecule has 0 saturated carbocycles. The van der Waals surface area contributed by atoms with Gasteiger partial charge in [-0.3, -0.25) is 4.90 Å². The van der Waals surface area contributed by atoms with Crippen LogP contribution < -0.4 is 0 Å². The number of fused-ring (bicyclic) bond motifs is 1. The van der Waals surface area contributed by atoms with Gasteiger partial charge in [0.1, 0.15) is 0 Å². The van der Waals surface area contributed by atoms with E-state index < -0.39 is 0 Å². The molecule has 1 aromatic rings. The van der Waals surface area contributed by atoms with Crippen molar-refractivity contribution in [1.82, 2.24) is 4.90 Å². The first-order valence-corrected chi connectivity index (χ1v) is 6.62. The standard InChI is InChI=1S/C13H16BrN/c14-12-5-3-11(4-6-12)13-7-1-2-9-15(13)10-8-13/h3-6H,1-2,7-10H2. The Morgan fingerprint density at radius 1 is 1.00 bits per heavy atom. The highest BCUT2D eigenvalue weighted by Gasteiger charge is 2.46. The second kappa shape index (κ2) is 3.60. The minimum Gasteiger partial charge on any atom is -0.293 e. The Kier molecular flexibility index (Phi) is 2.37. The van der Waals surface area contributed by atoms with Crippen molar-refractivity contribution in [1.29, 1.82) is 0 Å². The number of piperidine rings is 1. The van der Waals surface area contributed by atoms with Crippen molar-refractivity contribution < 1.29 is 0 Å². The fraction of sp³-hybridized carbons (Fsp3) is 0.538. The van der Waals surface area contributed by atoms with Crippen molar-refractivity contribution in [3.05, 3.63) is 34.3 Å². The SMILES string of the molecule is Brc1ccc(C23CCCCN2CC3)cc1. The summed E-state index contributed by atoms with van der Waals surface area (Å²) in [5, 5.41) is 0. The molecule has 2 aliphatic heterocycles. The summed E-state index contributed by atoms with van der Waals surface area (Å²) in [6.45, 7) is 2.60. The third-order valence-corrected chi connectivity index (χ3v) is 4.58. The van der Waals surface area contributed by atoms with E-state index in [0.717, 1.165) is 0 Å². The molecule has 0 aliphatic carbocycles. The number of hydrogen-bond acceptors (Lipinski definition) is 1. The van der Waals surface area contributed by atoms with E-state index in [1.807, 2.05) is 0 Å². The van der Waals surface area contributed by atoms with Gasteiger partial charge >= 0.3 is 0 Å². The summed E-state index contributed by atoms with van der Waals surface area (Å²) in [4.78, 5) is 2.67. The fourth-order valence-electron chi connectivity index (χ4n) is 3.10. The molecule has 1 atom stereocenters. The van der Waals surface area contributed by atoms with Gasteiger partial charge in [-0.1, -0.05) is 28.1 Å². The summed E-state index contributed by atoms with van der Waals surface area (Å²) in [5.41, 5.74) is 1.94. The van der Waals surface area contributed by atoms with Crippen LogP contribution >= 0.6 is 15.9 Å². The highest BCUT2D eigenvalue weighted by atomic mass is 79.9. The van der Waals surface area contributed by atoms with E-state index in [4.69, 9.17) is 0 Å². The molecule has 2 saturated heterocycles. The third-order valence-electron chi connectivity index (χ3n) is 4.05. The van der Waals surface area contributed by atoms with Crippen LogP contribution in [0.3, 0.4) is 0 Å². The highest BCUT2D eigenvalue weighted by Crippen LogP contribution is 2.47. The molecule has 2 heteroatoms. The molecule has 2 heterocycles. The van der Waals surface area contributed by atoms with Crippen molar-refractivity contribution in [3.8, 4) is 0 Å². The highest BCUT2D eigenvalue weighted by molar-refractivity contribution is 9.10. The number of nitrogens with zero attached hydrogens (tertiary/aromatic N) is 1. The predicted molar refractivity (Wildman–Crippen MR) is 65.9 cm³/mol. The Morgan fingerprint density at radius 2 is 1.80 bits per heavy atom. The fourth-order valence-corrected chi connectivity index (χ4v) is 3.36. The van der Waals surface area contributed by atoms with Crippen molar-refractivity contribution in [3.63, 3.8) is 0 Å². The molecule has 0 bridgehead atoms. The average molecular weight is 266 g/mol. The average Bonchev–Trinajstić information content (AvgIpc) is 2.22. The molecular formula is C13H16BrN. The van der Waals surface area contributed by atoms with E-state index in [2.05, 4.69) is 45.1 Å². The van der Waals surface area contributed by atoms with Crippen LogP contribution in [-0.4, -0.2) is 18.0 Å². The predicted octanol–water partition coefficient (Wildman–Crippen LogP) is 3.53. The molecule has 15 heavy (non-hydrogen) atoms. The molecular weight excluding hydrogens is 250 g/mol. The Hall–Kier alpha value is -0.340. The van der Waals surface area contributed by atoms with Crippen LogP contribution in [-0.2, 0) is 5.54 Å². The lowest BCUT2D eigenvalue weighted by atomic mass is 9.72. The zero-order valence-electron chi connectivity index (χ0n) is 8.88. The first-order chi connectivity index (χ1) is 7.31. The van der Waals surface area contributed by atoms with E-state index in [1.54, 1.807) is 0 Å². The van der Waals surface area contributed by atoms with Gasteiger partial charge < -0.3 is 0 Å². The Bertz CT molecular complexity index is 359. The molecule has 2 fully saturated rings. The molecule has 80 valence electrons. The first-order valence-electron chi connectivity index (χ1n) is 5.82. The summed E-state index contributed by atoms with van der Waals surface area (Å²) >= 11 is 3.51. The lowest BCUT2D eigenvalue weighted by Gasteiger charge is -2.56. The monoisotopic (exact) mass is 265 g/mol. The van der Waals surface area contributed by atoms with Crippen LogP contribution in [0.15, 0.2) is 28.7 Å². The van der Waals surface area contributed by atoms with Gasteiger partial charge in [0, 0.05) is 16.6 Å². The molecule has 0 amide bonds. The second-order valence-electron chi connectivity index (χ2n) is 4.73. The van der Waals surface area contributed by atoms with Gasteiger partial charge in [-0.05, 0) is 49.9 Å². The van der Waals surface area contributed by atoms with Crippen LogP contribution in [0.25, 0.3) is 0 Å². The number of hydrogen-bond donors (Lipinski definition) is 0. The summed E-state index contributed by atoms with van der Waals surface area (Å²) in [6.07, 6.45) is 5.49. The minimum atomic E-state index is 0.416. The molecule has 3 rings (SSSR count). The van der Waals surface area contributed by atoms with Gasteiger partial charge in [-0.25, -0.2) is 0 Å². The van der Waals surface area contributed by atoms with Crippen molar-refractivity contribution >= 4 is 15.9 Å². The molecule has 1 unspecified atom stereocenters. The van der Waals surface area contributed by atoms with Gasteiger partial charge in [0.25, 0.3) is 0 Å². The number of halogens is 1. The van der Waals surface area contributed by atoms with Gasteiger partial charge in [-0.2, -0.15) is 0 Å². The maximum absolute atomic E-state index is 3.51. The molecule has 0 aromatic heterocycles. The normalized spacial score (nSPS) is 30.7. The van der Waals surface area contributed by atoms with Crippen LogP contribution in [0.5, 0.6) is 0 Å². The Balaban J connectivity index is 1.94. The van der Waals surface area contributed by atoms with Crippen molar-refractivity contribution in [2.45, 2.75) is 31.2 Å². The lowest BCUT2D eigenvalue weighted by molar-refractivity contribution is -0.0505.